The molecule has 0 fully saturated rings. The molecule has 0 aromatic heterocycles. The van der Waals surface area contributed by atoms with Crippen molar-refractivity contribution >= 4 is 23.2 Å². The number of hydrogen-bond donors (Lipinski definition) is 0. The minimum atomic E-state index is -2.39. The molecule has 0 bridgehead atoms. The number of alkyl halides is 2. The van der Waals surface area contributed by atoms with E-state index in [0.717, 1.165) is 0 Å². The van der Waals surface area contributed by atoms with E-state index < -0.39 is 12.3 Å². The normalized spacial score (nSPS) is 13.4. The van der Waals surface area contributed by atoms with Crippen LogP contribution in [0.25, 0.3) is 0 Å². The molecule has 1 aromatic carbocycles. The van der Waals surface area contributed by atoms with Crippen molar-refractivity contribution in [1.29, 1.82) is 0 Å². The van der Waals surface area contributed by atoms with Crippen LogP contribution in [0.4, 0.5) is 8.78 Å². The summed E-state index contributed by atoms with van der Waals surface area (Å²) in [5.41, 5.74) is 0.465. The quantitative estimate of drug-likeness (QED) is 0.701. The van der Waals surface area contributed by atoms with E-state index in [0.29, 0.717) is 15.6 Å². The summed E-state index contributed by atoms with van der Waals surface area (Å²) >= 11 is 11.3. The Kier molecular flexibility index (Phi) is 3.51. The van der Waals surface area contributed by atoms with Crippen molar-refractivity contribution in [2.24, 2.45) is 0 Å². The maximum absolute atomic E-state index is 12.3. The number of rotatable bonds is 2. The molecule has 0 radical (unpaired) electrons. The maximum atomic E-state index is 12.3. The highest BCUT2D eigenvalue weighted by molar-refractivity contribution is 6.34. The van der Waals surface area contributed by atoms with Crippen molar-refractivity contribution in [2.45, 2.75) is 19.3 Å². The lowest BCUT2D eigenvalue weighted by molar-refractivity contribution is 0.121. The summed E-state index contributed by atoms with van der Waals surface area (Å²) in [5, 5.41) is 0.769. The average molecular weight is 225 g/mol. The van der Waals surface area contributed by atoms with Gasteiger partial charge in [-0.2, -0.15) is 0 Å². The molecule has 1 rings (SSSR count). The van der Waals surface area contributed by atoms with Crippen molar-refractivity contribution in [1.82, 2.24) is 0 Å². The van der Waals surface area contributed by atoms with Crippen LogP contribution in [0.1, 0.15) is 18.4 Å². The predicted octanol–water partition coefficient (Wildman–Crippen LogP) is 4.36. The standard InChI is InChI=1S/C9H8Cl2F2/c1-5(9(12)13)6-2-7(10)4-8(11)3-6/h2-5,9H,1H3. The lowest BCUT2D eigenvalue weighted by Crippen LogP contribution is -2.04. The van der Waals surface area contributed by atoms with Gasteiger partial charge in [0, 0.05) is 16.0 Å². The number of hydrogen-bond acceptors (Lipinski definition) is 0. The van der Waals surface area contributed by atoms with Crippen LogP contribution in [0.3, 0.4) is 0 Å². The van der Waals surface area contributed by atoms with Crippen LogP contribution in [-0.2, 0) is 0 Å². The van der Waals surface area contributed by atoms with Crippen molar-refractivity contribution in [3.8, 4) is 0 Å². The molecular formula is C9H8Cl2F2. The third-order valence-electron chi connectivity index (χ3n) is 1.79. The van der Waals surface area contributed by atoms with Crippen LogP contribution in [0.5, 0.6) is 0 Å². The van der Waals surface area contributed by atoms with Gasteiger partial charge in [-0.05, 0) is 23.8 Å². The van der Waals surface area contributed by atoms with Gasteiger partial charge in [0.2, 0.25) is 6.43 Å². The highest BCUT2D eigenvalue weighted by Crippen LogP contribution is 2.28. The van der Waals surface area contributed by atoms with Gasteiger partial charge in [0.05, 0.1) is 0 Å². The molecule has 0 heterocycles. The fourth-order valence-electron chi connectivity index (χ4n) is 0.984. The fraction of sp³-hybridized carbons (Fsp3) is 0.333. The fourth-order valence-corrected chi connectivity index (χ4v) is 1.53. The van der Waals surface area contributed by atoms with Gasteiger partial charge in [-0.3, -0.25) is 0 Å². The molecule has 1 atom stereocenters. The van der Waals surface area contributed by atoms with Crippen LogP contribution in [0, 0.1) is 0 Å². The van der Waals surface area contributed by atoms with E-state index in [2.05, 4.69) is 0 Å². The van der Waals surface area contributed by atoms with E-state index in [-0.39, 0.29) is 0 Å². The molecule has 0 aliphatic heterocycles. The highest BCUT2D eigenvalue weighted by atomic mass is 35.5. The van der Waals surface area contributed by atoms with Gasteiger partial charge in [0.25, 0.3) is 0 Å². The summed E-state index contributed by atoms with van der Waals surface area (Å²) in [6, 6.07) is 4.53. The van der Waals surface area contributed by atoms with Crippen LogP contribution < -0.4 is 0 Å². The zero-order chi connectivity index (χ0) is 10.0. The molecule has 4 heteroatoms. The summed E-state index contributed by atoms with van der Waals surface area (Å²) < 4.78 is 24.6. The predicted molar refractivity (Wildman–Crippen MR) is 50.9 cm³/mol. The lowest BCUT2D eigenvalue weighted by atomic mass is 10.0. The molecule has 0 saturated carbocycles. The molecule has 0 amide bonds. The first-order chi connectivity index (χ1) is 6.00. The Labute approximate surface area is 85.5 Å². The van der Waals surface area contributed by atoms with Gasteiger partial charge in [0.15, 0.2) is 0 Å². The van der Waals surface area contributed by atoms with Crippen molar-refractivity contribution in [2.75, 3.05) is 0 Å². The molecule has 0 aliphatic rings. The maximum Gasteiger partial charge on any atom is 0.245 e. The van der Waals surface area contributed by atoms with Gasteiger partial charge in [-0.25, -0.2) is 8.78 Å². The zero-order valence-electron chi connectivity index (χ0n) is 6.90. The molecular weight excluding hydrogens is 217 g/mol. The van der Waals surface area contributed by atoms with Crippen LogP contribution in [-0.4, -0.2) is 6.43 Å². The Balaban J connectivity index is 3.01. The van der Waals surface area contributed by atoms with Gasteiger partial charge in [-0.1, -0.05) is 30.1 Å². The smallest absolute Gasteiger partial charge is 0.210 e. The number of benzene rings is 1. The second-order valence-electron chi connectivity index (χ2n) is 2.83. The summed E-state index contributed by atoms with van der Waals surface area (Å²) in [4.78, 5) is 0. The Bertz CT molecular complexity index is 279. The monoisotopic (exact) mass is 224 g/mol. The highest BCUT2D eigenvalue weighted by Gasteiger charge is 2.17. The minimum absolute atomic E-state index is 0.384. The molecule has 0 aliphatic carbocycles. The molecule has 1 aromatic rings. The average Bonchev–Trinajstić information content (AvgIpc) is 2.01. The third-order valence-corrected chi connectivity index (χ3v) is 2.23. The van der Waals surface area contributed by atoms with E-state index in [4.69, 9.17) is 23.2 Å². The van der Waals surface area contributed by atoms with E-state index >= 15 is 0 Å². The second-order valence-corrected chi connectivity index (χ2v) is 3.70. The molecule has 72 valence electrons. The Morgan fingerprint density at radius 2 is 1.54 bits per heavy atom. The summed E-state index contributed by atoms with van der Waals surface area (Å²) in [5.74, 6) is -0.837. The van der Waals surface area contributed by atoms with E-state index in [1.807, 2.05) is 0 Å². The van der Waals surface area contributed by atoms with E-state index in [1.54, 1.807) is 0 Å². The summed E-state index contributed by atoms with van der Waals surface area (Å²) in [6.45, 7) is 1.44. The van der Waals surface area contributed by atoms with Crippen LogP contribution in [0.2, 0.25) is 10.0 Å². The SMILES string of the molecule is CC(c1cc(Cl)cc(Cl)c1)C(F)F. The second kappa shape index (κ2) is 4.25. The molecule has 0 nitrogen and oxygen atoms in total. The first kappa shape index (κ1) is 10.7. The van der Waals surface area contributed by atoms with Gasteiger partial charge >= 0.3 is 0 Å². The zero-order valence-corrected chi connectivity index (χ0v) is 8.41. The Morgan fingerprint density at radius 1 is 1.08 bits per heavy atom. The lowest BCUT2D eigenvalue weighted by Gasteiger charge is -2.10. The van der Waals surface area contributed by atoms with Crippen LogP contribution >= 0.6 is 23.2 Å². The van der Waals surface area contributed by atoms with Crippen molar-refractivity contribution < 1.29 is 8.78 Å². The van der Waals surface area contributed by atoms with Gasteiger partial charge < -0.3 is 0 Å². The third kappa shape index (κ3) is 2.82. The molecule has 0 spiro atoms. The molecule has 1 unspecified atom stereocenters. The molecule has 0 saturated heterocycles. The molecule has 0 N–H and O–H groups in total. The summed E-state index contributed by atoms with van der Waals surface area (Å²) in [7, 11) is 0. The topological polar surface area (TPSA) is 0 Å². The Hall–Kier alpha value is -0.340. The van der Waals surface area contributed by atoms with Crippen molar-refractivity contribution in [3.05, 3.63) is 33.8 Å². The minimum Gasteiger partial charge on any atom is -0.210 e. The first-order valence-electron chi connectivity index (χ1n) is 3.75. The van der Waals surface area contributed by atoms with E-state index in [1.165, 1.54) is 25.1 Å². The number of halogens is 4. The summed E-state index contributed by atoms with van der Waals surface area (Å²) in [6.07, 6.45) is -2.39. The first-order valence-corrected chi connectivity index (χ1v) is 4.50. The van der Waals surface area contributed by atoms with Gasteiger partial charge in [0.1, 0.15) is 0 Å². The van der Waals surface area contributed by atoms with E-state index in [9.17, 15) is 8.78 Å². The van der Waals surface area contributed by atoms with Crippen molar-refractivity contribution in [3.63, 3.8) is 0 Å². The van der Waals surface area contributed by atoms with Gasteiger partial charge in [-0.15, -0.1) is 0 Å². The van der Waals surface area contributed by atoms with Crippen LogP contribution in [0.15, 0.2) is 18.2 Å². The Morgan fingerprint density at radius 3 is 1.92 bits per heavy atom. The largest absolute Gasteiger partial charge is 0.245 e. The molecule has 13 heavy (non-hydrogen) atoms.